The van der Waals surface area contributed by atoms with E-state index in [1.54, 1.807) is 4.90 Å². The van der Waals surface area contributed by atoms with Crippen LogP contribution >= 0.6 is 11.8 Å². The summed E-state index contributed by atoms with van der Waals surface area (Å²) < 4.78 is 0. The van der Waals surface area contributed by atoms with Crippen molar-refractivity contribution in [2.24, 2.45) is 4.99 Å². The van der Waals surface area contributed by atoms with Crippen molar-refractivity contribution in [3.8, 4) is 5.75 Å². The number of phenols is 1. The summed E-state index contributed by atoms with van der Waals surface area (Å²) in [5.41, 5.74) is 2.01. The molecule has 0 radical (unpaired) electrons. The first kappa shape index (κ1) is 21.3. The Morgan fingerprint density at radius 3 is 2.31 bits per heavy atom. The van der Waals surface area contributed by atoms with Crippen LogP contribution in [0.1, 0.15) is 16.7 Å². The standard InChI is InChI=1S/C24H19N3O4S/c28-21-12-11-20(27(30)31)13-19(21)14-22-23(29)26(16-18-9-5-2-6-10-18)24(32-22)25-15-17-7-3-1-4-8-17/h1-14,28H,15-16H2/b22-14+,25-24?. The molecule has 1 fully saturated rings. The van der Waals surface area contributed by atoms with Crippen LogP contribution in [0, 0.1) is 10.1 Å². The van der Waals surface area contributed by atoms with Gasteiger partial charge in [0.2, 0.25) is 0 Å². The van der Waals surface area contributed by atoms with Crippen LogP contribution in [0.3, 0.4) is 0 Å². The summed E-state index contributed by atoms with van der Waals surface area (Å²) in [5, 5.41) is 21.8. The second kappa shape index (κ2) is 9.49. The van der Waals surface area contributed by atoms with Gasteiger partial charge in [-0.25, -0.2) is 0 Å². The van der Waals surface area contributed by atoms with E-state index in [1.807, 2.05) is 60.7 Å². The van der Waals surface area contributed by atoms with Crippen LogP contribution in [-0.4, -0.2) is 26.0 Å². The third-order valence-electron chi connectivity index (χ3n) is 4.82. The van der Waals surface area contributed by atoms with E-state index in [2.05, 4.69) is 4.99 Å². The lowest BCUT2D eigenvalue weighted by atomic mass is 10.1. The van der Waals surface area contributed by atoms with Crippen LogP contribution in [0.4, 0.5) is 5.69 Å². The number of nitro groups is 1. The quantitative estimate of drug-likeness (QED) is 0.328. The molecule has 0 bridgehead atoms. The van der Waals surface area contributed by atoms with Gasteiger partial charge >= 0.3 is 0 Å². The van der Waals surface area contributed by atoms with Crippen molar-refractivity contribution in [3.05, 3.63) is 111 Å². The molecule has 3 aromatic rings. The summed E-state index contributed by atoms with van der Waals surface area (Å²) >= 11 is 1.19. The highest BCUT2D eigenvalue weighted by atomic mass is 32.2. The Morgan fingerprint density at radius 1 is 1.00 bits per heavy atom. The molecule has 0 atom stereocenters. The molecule has 1 N–H and O–H groups in total. The van der Waals surface area contributed by atoms with E-state index in [9.17, 15) is 20.0 Å². The molecule has 32 heavy (non-hydrogen) atoms. The van der Waals surface area contributed by atoms with Crippen molar-refractivity contribution in [1.29, 1.82) is 0 Å². The number of phenolic OH excluding ortho intramolecular Hbond substituents is 1. The number of hydrogen-bond donors (Lipinski definition) is 1. The lowest BCUT2D eigenvalue weighted by Gasteiger charge is -2.15. The van der Waals surface area contributed by atoms with Crippen molar-refractivity contribution >= 4 is 34.6 Å². The van der Waals surface area contributed by atoms with Gasteiger partial charge in [-0.05, 0) is 35.0 Å². The van der Waals surface area contributed by atoms with Crippen LogP contribution in [0.15, 0.2) is 88.8 Å². The van der Waals surface area contributed by atoms with Gasteiger partial charge in [-0.15, -0.1) is 0 Å². The number of carbonyl (C=O) groups excluding carboxylic acids is 1. The summed E-state index contributed by atoms with van der Waals surface area (Å²) in [4.78, 5) is 30.3. The highest BCUT2D eigenvalue weighted by Gasteiger charge is 2.33. The second-order valence-electron chi connectivity index (χ2n) is 7.07. The minimum atomic E-state index is -0.542. The molecule has 0 aliphatic carbocycles. The maximum atomic E-state index is 13.2. The highest BCUT2D eigenvalue weighted by Crippen LogP contribution is 2.36. The predicted molar refractivity (Wildman–Crippen MR) is 125 cm³/mol. The number of hydrogen-bond acceptors (Lipinski definition) is 6. The first-order chi connectivity index (χ1) is 15.5. The summed E-state index contributed by atoms with van der Waals surface area (Å²) in [6.45, 7) is 0.760. The lowest BCUT2D eigenvalue weighted by molar-refractivity contribution is -0.384. The summed E-state index contributed by atoms with van der Waals surface area (Å²) in [7, 11) is 0. The normalized spacial score (nSPS) is 16.1. The molecule has 0 unspecified atom stereocenters. The van der Waals surface area contributed by atoms with Crippen LogP contribution < -0.4 is 0 Å². The van der Waals surface area contributed by atoms with Crippen molar-refractivity contribution in [2.75, 3.05) is 0 Å². The zero-order chi connectivity index (χ0) is 22.5. The Labute approximate surface area is 188 Å². The van der Waals surface area contributed by atoms with Gasteiger partial charge in [0.25, 0.3) is 11.6 Å². The molecule has 160 valence electrons. The van der Waals surface area contributed by atoms with E-state index in [1.165, 1.54) is 36.0 Å². The second-order valence-corrected chi connectivity index (χ2v) is 8.08. The number of amidine groups is 1. The molecule has 3 aromatic carbocycles. The Balaban J connectivity index is 1.67. The minimum Gasteiger partial charge on any atom is -0.507 e. The first-order valence-electron chi connectivity index (χ1n) is 9.82. The molecule has 8 heteroatoms. The fourth-order valence-electron chi connectivity index (χ4n) is 3.19. The Hall–Kier alpha value is -3.91. The zero-order valence-corrected chi connectivity index (χ0v) is 17.7. The fraction of sp³-hybridized carbons (Fsp3) is 0.0833. The van der Waals surface area contributed by atoms with E-state index < -0.39 is 4.92 Å². The van der Waals surface area contributed by atoms with Gasteiger partial charge < -0.3 is 5.11 Å². The number of non-ortho nitro benzene ring substituents is 1. The van der Waals surface area contributed by atoms with Crippen LogP contribution in [0.2, 0.25) is 0 Å². The fourth-order valence-corrected chi connectivity index (χ4v) is 4.15. The molecule has 7 nitrogen and oxygen atoms in total. The topological polar surface area (TPSA) is 96.0 Å². The SMILES string of the molecule is O=C1/C(=C\c2cc([N+](=O)[O-])ccc2O)SC(=NCc2ccccc2)N1Cc1ccccc1. The minimum absolute atomic E-state index is 0.138. The Morgan fingerprint density at radius 2 is 1.66 bits per heavy atom. The molecule has 1 aliphatic heterocycles. The van der Waals surface area contributed by atoms with Gasteiger partial charge in [0.15, 0.2) is 5.17 Å². The summed E-state index contributed by atoms with van der Waals surface area (Å²) in [6.07, 6.45) is 1.47. The Bertz CT molecular complexity index is 1210. The summed E-state index contributed by atoms with van der Waals surface area (Å²) in [5.74, 6) is -0.405. The van der Waals surface area contributed by atoms with Gasteiger partial charge in [0.1, 0.15) is 5.75 Å². The molecule has 0 saturated carbocycles. The molecular weight excluding hydrogens is 426 g/mol. The number of amides is 1. The third-order valence-corrected chi connectivity index (χ3v) is 5.86. The van der Waals surface area contributed by atoms with Gasteiger partial charge in [0.05, 0.1) is 22.9 Å². The van der Waals surface area contributed by atoms with Gasteiger partial charge in [0, 0.05) is 17.7 Å². The molecule has 1 saturated heterocycles. The zero-order valence-electron chi connectivity index (χ0n) is 16.9. The lowest BCUT2D eigenvalue weighted by Crippen LogP contribution is -2.28. The molecule has 1 amide bonds. The van der Waals surface area contributed by atoms with E-state index in [-0.39, 0.29) is 22.9 Å². The van der Waals surface area contributed by atoms with E-state index in [0.29, 0.717) is 23.2 Å². The monoisotopic (exact) mass is 445 g/mol. The van der Waals surface area contributed by atoms with Gasteiger partial charge in [-0.3, -0.25) is 24.8 Å². The van der Waals surface area contributed by atoms with Gasteiger partial charge in [-0.2, -0.15) is 0 Å². The van der Waals surface area contributed by atoms with Crippen LogP contribution in [-0.2, 0) is 17.9 Å². The molecule has 0 aromatic heterocycles. The van der Waals surface area contributed by atoms with Crippen LogP contribution in [0.5, 0.6) is 5.75 Å². The molecule has 1 heterocycles. The predicted octanol–water partition coefficient (Wildman–Crippen LogP) is 4.97. The van der Waals surface area contributed by atoms with Crippen molar-refractivity contribution in [1.82, 2.24) is 4.90 Å². The smallest absolute Gasteiger partial charge is 0.270 e. The maximum Gasteiger partial charge on any atom is 0.270 e. The van der Waals surface area contributed by atoms with Gasteiger partial charge in [-0.1, -0.05) is 60.7 Å². The average Bonchev–Trinajstić information content (AvgIpc) is 3.09. The number of nitro benzene ring substituents is 1. The van der Waals surface area contributed by atoms with E-state index >= 15 is 0 Å². The first-order valence-corrected chi connectivity index (χ1v) is 10.6. The van der Waals surface area contributed by atoms with E-state index in [0.717, 1.165) is 11.1 Å². The van der Waals surface area contributed by atoms with Crippen molar-refractivity contribution in [2.45, 2.75) is 13.1 Å². The highest BCUT2D eigenvalue weighted by molar-refractivity contribution is 8.18. The average molecular weight is 446 g/mol. The molecule has 4 rings (SSSR count). The third kappa shape index (κ3) is 4.87. The molecular formula is C24H19N3O4S. The largest absolute Gasteiger partial charge is 0.507 e. The summed E-state index contributed by atoms with van der Waals surface area (Å²) in [6, 6.07) is 23.0. The molecule has 0 spiro atoms. The van der Waals surface area contributed by atoms with Crippen molar-refractivity contribution in [3.63, 3.8) is 0 Å². The number of carbonyl (C=O) groups is 1. The maximum absolute atomic E-state index is 13.2. The van der Waals surface area contributed by atoms with E-state index in [4.69, 9.17) is 0 Å². The van der Waals surface area contributed by atoms with Crippen LogP contribution in [0.25, 0.3) is 6.08 Å². The number of aromatic hydroxyl groups is 1. The molecule has 1 aliphatic rings. The number of rotatable bonds is 6. The number of aliphatic imine (C=N–C) groups is 1. The number of benzene rings is 3. The number of thioether (sulfide) groups is 1. The van der Waals surface area contributed by atoms with Crippen molar-refractivity contribution < 1.29 is 14.8 Å². The number of nitrogens with zero attached hydrogens (tertiary/aromatic N) is 3. The Kier molecular flexibility index (Phi) is 6.32.